The molecule has 2 unspecified atom stereocenters. The molecule has 2 nitrogen and oxygen atoms in total. The molecule has 0 saturated carbocycles. The second-order valence-corrected chi connectivity index (χ2v) is 13.4. The average Bonchev–Trinajstić information content (AvgIpc) is 2.92. The van der Waals surface area contributed by atoms with Crippen molar-refractivity contribution in [1.29, 1.82) is 0 Å². The minimum absolute atomic E-state index is 0.0834. The number of hydrogen-bond donors (Lipinski definition) is 0. The second-order valence-electron chi connectivity index (χ2n) is 7.90. The van der Waals surface area contributed by atoms with Crippen LogP contribution in [-0.4, -0.2) is 36.3 Å². The summed E-state index contributed by atoms with van der Waals surface area (Å²) in [6.45, 7) is 19.9. The molecule has 0 amide bonds. The molecule has 6 heteroatoms. The van der Waals surface area contributed by atoms with E-state index in [1.165, 1.54) is 23.5 Å². The maximum atomic E-state index is 12.0. The minimum Gasteiger partial charge on any atom is -0.282 e. The fourth-order valence-corrected chi connectivity index (χ4v) is 8.70. The number of thioether (sulfide) groups is 4. The summed E-state index contributed by atoms with van der Waals surface area (Å²) < 4.78 is 0.362. The first-order chi connectivity index (χ1) is 11.3. The van der Waals surface area contributed by atoms with Crippen molar-refractivity contribution in [3.05, 3.63) is 24.3 Å². The zero-order chi connectivity index (χ0) is 19.4. The van der Waals surface area contributed by atoms with Gasteiger partial charge in [0.05, 0.1) is 4.58 Å². The molecule has 1 fully saturated rings. The molecule has 0 radical (unpaired) electrons. The molecule has 1 saturated heterocycles. The maximum absolute atomic E-state index is 12.0. The first kappa shape index (κ1) is 23.3. The zero-order valence-corrected chi connectivity index (χ0v) is 19.4. The van der Waals surface area contributed by atoms with E-state index in [0.29, 0.717) is 21.0 Å². The van der Waals surface area contributed by atoms with Crippen molar-refractivity contribution < 1.29 is 9.59 Å². The van der Waals surface area contributed by atoms with Gasteiger partial charge in [-0.25, -0.2) is 0 Å². The van der Waals surface area contributed by atoms with E-state index in [1.807, 2.05) is 23.5 Å². The van der Waals surface area contributed by atoms with E-state index in [-0.39, 0.29) is 20.4 Å². The molecule has 0 aliphatic carbocycles. The summed E-state index contributed by atoms with van der Waals surface area (Å²) in [5, 5.41) is 0.680. The van der Waals surface area contributed by atoms with E-state index in [4.69, 9.17) is 0 Å². The molecule has 0 aromatic heterocycles. The molecule has 1 aliphatic rings. The first-order valence-corrected chi connectivity index (χ1v) is 12.1. The highest BCUT2D eigenvalue weighted by Gasteiger charge is 2.41. The molecule has 142 valence electrons. The van der Waals surface area contributed by atoms with Crippen LogP contribution in [0.4, 0.5) is 0 Å². The number of carbonyl (C=O) groups excluding carboxylic acids is 2. The van der Waals surface area contributed by atoms with Gasteiger partial charge in [-0.1, -0.05) is 64.4 Å². The standard InChI is InChI=1S/C19H30O2S4/c1-12(2)15(20)22-9-14-10-23-17(24-14)18(5,6)11-19(7,8)25-16(21)13(3)4/h14,17H,1,3,9-11H2,2,4-8H3. The van der Waals surface area contributed by atoms with Crippen molar-refractivity contribution in [3.63, 3.8) is 0 Å². The molecule has 0 aromatic rings. The molecule has 1 rings (SSSR count). The van der Waals surface area contributed by atoms with Gasteiger partial charge in [-0.05, 0) is 36.8 Å². The lowest BCUT2D eigenvalue weighted by Crippen LogP contribution is -2.32. The minimum atomic E-state index is -0.122. The van der Waals surface area contributed by atoms with E-state index in [1.54, 1.807) is 13.8 Å². The molecular formula is C19H30O2S4. The molecule has 0 bridgehead atoms. The molecule has 25 heavy (non-hydrogen) atoms. The Bertz CT molecular complexity index is 552. The monoisotopic (exact) mass is 418 g/mol. The van der Waals surface area contributed by atoms with Crippen molar-refractivity contribution in [2.24, 2.45) is 5.41 Å². The molecular weight excluding hydrogens is 388 g/mol. The Morgan fingerprint density at radius 3 is 2.16 bits per heavy atom. The Hall–Kier alpha value is 0.220. The summed E-state index contributed by atoms with van der Waals surface area (Å²) in [5.74, 6) is 1.93. The van der Waals surface area contributed by atoms with Gasteiger partial charge < -0.3 is 0 Å². The molecule has 1 aliphatic heterocycles. The van der Waals surface area contributed by atoms with E-state index in [2.05, 4.69) is 40.9 Å². The van der Waals surface area contributed by atoms with Crippen LogP contribution in [0.2, 0.25) is 0 Å². The van der Waals surface area contributed by atoms with Crippen molar-refractivity contribution in [1.82, 2.24) is 0 Å². The lowest BCUT2D eigenvalue weighted by atomic mass is 9.85. The van der Waals surface area contributed by atoms with Gasteiger partial charge in [-0.3, -0.25) is 9.59 Å². The summed E-state index contributed by atoms with van der Waals surface area (Å²) in [6.07, 6.45) is 0.957. The van der Waals surface area contributed by atoms with Crippen molar-refractivity contribution in [2.45, 2.75) is 62.5 Å². The number of rotatable bonds is 8. The predicted octanol–water partition coefficient (Wildman–Crippen LogP) is 6.03. The molecule has 0 spiro atoms. The summed E-state index contributed by atoms with van der Waals surface area (Å²) in [7, 11) is 0. The Kier molecular flexibility index (Phi) is 8.77. The third kappa shape index (κ3) is 7.77. The first-order valence-electron chi connectivity index (χ1n) is 8.32. The zero-order valence-electron chi connectivity index (χ0n) is 16.1. The van der Waals surface area contributed by atoms with Crippen LogP contribution in [-0.2, 0) is 9.59 Å². The maximum Gasteiger partial charge on any atom is 0.214 e. The van der Waals surface area contributed by atoms with Crippen LogP contribution in [0.25, 0.3) is 0 Å². The highest BCUT2D eigenvalue weighted by atomic mass is 32.2. The quantitative estimate of drug-likeness (QED) is 0.448. The fraction of sp³-hybridized carbons (Fsp3) is 0.684. The van der Waals surface area contributed by atoms with E-state index in [0.717, 1.165) is 17.9 Å². The predicted molar refractivity (Wildman–Crippen MR) is 120 cm³/mol. The Morgan fingerprint density at radius 2 is 1.64 bits per heavy atom. The highest BCUT2D eigenvalue weighted by Crippen LogP contribution is 2.52. The number of carbonyl (C=O) groups is 2. The van der Waals surface area contributed by atoms with Gasteiger partial charge in [0.2, 0.25) is 10.2 Å². The smallest absolute Gasteiger partial charge is 0.214 e. The third-order valence-electron chi connectivity index (χ3n) is 3.74. The van der Waals surface area contributed by atoms with Crippen LogP contribution in [0.15, 0.2) is 24.3 Å². The molecule has 0 aromatic carbocycles. The summed E-state index contributed by atoms with van der Waals surface area (Å²) in [4.78, 5) is 23.8. The SMILES string of the molecule is C=C(C)C(=O)SCC1CSC(C(C)(C)CC(C)(C)SC(=O)C(=C)C)S1. The lowest BCUT2D eigenvalue weighted by molar-refractivity contribution is -0.108. The molecule has 0 N–H and O–H groups in total. The van der Waals surface area contributed by atoms with Gasteiger partial charge in [0, 0.05) is 21.5 Å². The van der Waals surface area contributed by atoms with Crippen LogP contribution in [0.3, 0.4) is 0 Å². The third-order valence-corrected chi connectivity index (χ3v) is 10.4. The van der Waals surface area contributed by atoms with Crippen molar-refractivity contribution >= 4 is 57.3 Å². The van der Waals surface area contributed by atoms with Gasteiger partial charge in [0.25, 0.3) is 0 Å². The van der Waals surface area contributed by atoms with Crippen molar-refractivity contribution in [2.75, 3.05) is 11.5 Å². The van der Waals surface area contributed by atoms with Gasteiger partial charge in [-0.15, -0.1) is 23.5 Å². The van der Waals surface area contributed by atoms with E-state index >= 15 is 0 Å². The van der Waals surface area contributed by atoms with Crippen LogP contribution >= 0.6 is 47.0 Å². The highest BCUT2D eigenvalue weighted by molar-refractivity contribution is 8.21. The van der Waals surface area contributed by atoms with E-state index < -0.39 is 0 Å². The largest absolute Gasteiger partial charge is 0.282 e. The molecule has 2 atom stereocenters. The Morgan fingerprint density at radius 1 is 1.08 bits per heavy atom. The second kappa shape index (κ2) is 9.43. The number of hydrogen-bond acceptors (Lipinski definition) is 6. The van der Waals surface area contributed by atoms with Crippen LogP contribution in [0.1, 0.15) is 48.0 Å². The van der Waals surface area contributed by atoms with Gasteiger partial charge in [-0.2, -0.15) is 0 Å². The molecule has 1 heterocycles. The van der Waals surface area contributed by atoms with E-state index in [9.17, 15) is 9.59 Å². The van der Waals surface area contributed by atoms with Gasteiger partial charge in [0.1, 0.15) is 0 Å². The topological polar surface area (TPSA) is 34.1 Å². The Balaban J connectivity index is 2.58. The summed E-state index contributed by atoms with van der Waals surface area (Å²) >= 11 is 6.76. The van der Waals surface area contributed by atoms with Crippen LogP contribution < -0.4 is 0 Å². The lowest BCUT2D eigenvalue weighted by Gasteiger charge is -2.37. The summed E-state index contributed by atoms with van der Waals surface area (Å²) in [5.41, 5.74) is 1.34. The fourth-order valence-electron chi connectivity index (χ4n) is 2.79. The van der Waals surface area contributed by atoms with Crippen LogP contribution in [0, 0.1) is 5.41 Å². The summed E-state index contributed by atoms with van der Waals surface area (Å²) in [6, 6.07) is 0. The average molecular weight is 419 g/mol. The van der Waals surface area contributed by atoms with Crippen LogP contribution in [0.5, 0.6) is 0 Å². The normalized spacial score (nSPS) is 21.2. The van der Waals surface area contributed by atoms with Gasteiger partial charge in [0.15, 0.2) is 0 Å². The van der Waals surface area contributed by atoms with Crippen molar-refractivity contribution in [3.8, 4) is 0 Å². The van der Waals surface area contributed by atoms with Gasteiger partial charge >= 0.3 is 0 Å². The Labute approximate surface area is 170 Å².